The van der Waals surface area contributed by atoms with Crippen molar-refractivity contribution in [3.05, 3.63) is 121 Å². The highest BCUT2D eigenvalue weighted by Crippen LogP contribution is 2.49. The van der Waals surface area contributed by atoms with Gasteiger partial charge in [0.25, 0.3) is 0 Å². The molecule has 6 aromatic carbocycles. The Hall–Kier alpha value is -5.88. The molecule has 0 aliphatic heterocycles. The summed E-state index contributed by atoms with van der Waals surface area (Å²) in [4.78, 5) is 0. The highest BCUT2D eigenvalue weighted by molar-refractivity contribution is 5.94. The predicted molar refractivity (Wildman–Crippen MR) is 183 cm³/mol. The zero-order valence-electron chi connectivity index (χ0n) is 26.1. The van der Waals surface area contributed by atoms with Crippen molar-refractivity contribution in [3.63, 3.8) is 0 Å². The molecule has 0 atom stereocenters. The fourth-order valence-corrected chi connectivity index (χ4v) is 5.56. The van der Waals surface area contributed by atoms with E-state index in [2.05, 4.69) is 0 Å². The molecule has 0 bridgehead atoms. The third-order valence-electron chi connectivity index (χ3n) is 8.16. The van der Waals surface area contributed by atoms with Gasteiger partial charge in [-0.3, -0.25) is 0 Å². The molecular weight excluding hydrogens is 576 g/mol. The molecule has 0 radical (unpaired) electrons. The lowest BCUT2D eigenvalue weighted by Crippen LogP contribution is -1.92. The first kappa shape index (κ1) is 30.2. The number of rotatable bonds is 9. The molecule has 0 aliphatic rings. The van der Waals surface area contributed by atoms with Crippen LogP contribution in [-0.4, -0.2) is 38.7 Å². The van der Waals surface area contributed by atoms with Crippen LogP contribution in [0.3, 0.4) is 0 Å². The minimum atomic E-state index is 0.0466. The molecule has 6 nitrogen and oxygen atoms in total. The minimum Gasteiger partial charge on any atom is -0.507 e. The zero-order valence-corrected chi connectivity index (χ0v) is 26.1. The summed E-state index contributed by atoms with van der Waals surface area (Å²) in [5, 5.41) is 23.9. The van der Waals surface area contributed by atoms with E-state index >= 15 is 0 Å². The van der Waals surface area contributed by atoms with Crippen molar-refractivity contribution in [3.8, 4) is 90.1 Å². The van der Waals surface area contributed by atoms with E-state index in [-0.39, 0.29) is 11.5 Å². The molecule has 0 spiro atoms. The van der Waals surface area contributed by atoms with Crippen molar-refractivity contribution in [2.75, 3.05) is 28.4 Å². The Morgan fingerprint density at radius 3 is 0.804 bits per heavy atom. The van der Waals surface area contributed by atoms with E-state index < -0.39 is 0 Å². The average Bonchev–Trinajstić information content (AvgIpc) is 3.12. The van der Waals surface area contributed by atoms with Crippen molar-refractivity contribution >= 4 is 0 Å². The van der Waals surface area contributed by atoms with Crippen LogP contribution in [0.25, 0.3) is 55.6 Å². The van der Waals surface area contributed by atoms with Crippen LogP contribution >= 0.6 is 0 Å². The molecule has 46 heavy (non-hydrogen) atoms. The average molecular weight is 611 g/mol. The second-order valence-electron chi connectivity index (χ2n) is 10.8. The standard InChI is InChI=1S/C40H34O6/c1-43-31-13-5-25(6-14-31)29-21-35(27-9-17-33(45-3)18-10-27)39(41)37(23-29)38-24-30(26-7-15-32(44-2)16-8-26)22-36(40(38)42)28-11-19-34(46-4)20-12-28/h5-24,41-42H,1-4H3. The molecular formula is C40H34O6. The van der Waals surface area contributed by atoms with E-state index in [0.29, 0.717) is 33.8 Å². The SMILES string of the molecule is COc1ccc(-c2cc(-c3ccc(OC)cc3)c(O)c(-c3cc(-c4ccc(OC)cc4)cc(-c4ccc(OC)cc4)c3O)c2)cc1. The van der Waals surface area contributed by atoms with Gasteiger partial charge in [-0.15, -0.1) is 0 Å². The van der Waals surface area contributed by atoms with E-state index in [1.807, 2.05) is 121 Å². The Morgan fingerprint density at radius 1 is 0.304 bits per heavy atom. The van der Waals surface area contributed by atoms with Crippen LogP contribution in [-0.2, 0) is 0 Å². The summed E-state index contributed by atoms with van der Waals surface area (Å²) in [6.45, 7) is 0. The number of methoxy groups -OCH3 is 4. The van der Waals surface area contributed by atoms with Gasteiger partial charge in [-0.2, -0.15) is 0 Å². The van der Waals surface area contributed by atoms with Crippen LogP contribution in [0.4, 0.5) is 0 Å². The molecule has 0 amide bonds. The lowest BCUT2D eigenvalue weighted by Gasteiger charge is -2.18. The van der Waals surface area contributed by atoms with Crippen molar-refractivity contribution in [1.29, 1.82) is 0 Å². The highest BCUT2D eigenvalue weighted by atomic mass is 16.5. The fraction of sp³-hybridized carbons (Fsp3) is 0.100. The summed E-state index contributed by atoms with van der Waals surface area (Å²) in [7, 11) is 6.50. The summed E-state index contributed by atoms with van der Waals surface area (Å²) >= 11 is 0. The number of benzene rings is 6. The maximum absolute atomic E-state index is 12.0. The van der Waals surface area contributed by atoms with Crippen LogP contribution in [0, 0.1) is 0 Å². The summed E-state index contributed by atoms with van der Waals surface area (Å²) in [6, 6.07) is 38.3. The topological polar surface area (TPSA) is 77.4 Å². The molecule has 0 unspecified atom stereocenters. The first-order valence-corrected chi connectivity index (χ1v) is 14.7. The molecule has 6 aromatic rings. The van der Waals surface area contributed by atoms with Gasteiger partial charge in [0.2, 0.25) is 0 Å². The van der Waals surface area contributed by atoms with Gasteiger partial charge in [0.05, 0.1) is 28.4 Å². The number of phenolic OH excluding ortho intramolecular Hbond substituents is 2. The highest BCUT2D eigenvalue weighted by Gasteiger charge is 2.21. The molecule has 2 N–H and O–H groups in total. The van der Waals surface area contributed by atoms with Gasteiger partial charge < -0.3 is 29.2 Å². The van der Waals surface area contributed by atoms with E-state index in [1.54, 1.807) is 28.4 Å². The number of aromatic hydroxyl groups is 2. The van der Waals surface area contributed by atoms with Gasteiger partial charge in [0.1, 0.15) is 34.5 Å². The third-order valence-corrected chi connectivity index (χ3v) is 8.16. The second-order valence-corrected chi connectivity index (χ2v) is 10.8. The van der Waals surface area contributed by atoms with Gasteiger partial charge in [-0.1, -0.05) is 48.5 Å². The van der Waals surface area contributed by atoms with Crippen molar-refractivity contribution in [2.45, 2.75) is 0 Å². The molecule has 230 valence electrons. The van der Waals surface area contributed by atoms with Crippen LogP contribution in [0.1, 0.15) is 0 Å². The first-order valence-electron chi connectivity index (χ1n) is 14.7. The molecule has 0 saturated heterocycles. The van der Waals surface area contributed by atoms with Gasteiger partial charge >= 0.3 is 0 Å². The Kier molecular flexibility index (Phi) is 8.53. The van der Waals surface area contributed by atoms with Crippen LogP contribution in [0.2, 0.25) is 0 Å². The first-order chi connectivity index (χ1) is 22.4. The Labute approximate surface area is 268 Å². The van der Waals surface area contributed by atoms with E-state index in [1.165, 1.54) is 0 Å². The maximum Gasteiger partial charge on any atom is 0.131 e. The monoisotopic (exact) mass is 610 g/mol. The molecule has 6 rings (SSSR count). The van der Waals surface area contributed by atoms with E-state index in [4.69, 9.17) is 18.9 Å². The quantitative estimate of drug-likeness (QED) is 0.170. The predicted octanol–water partition coefficient (Wildman–Crippen LogP) is 9.47. The smallest absolute Gasteiger partial charge is 0.131 e. The number of hydrogen-bond donors (Lipinski definition) is 2. The van der Waals surface area contributed by atoms with Crippen molar-refractivity contribution in [2.24, 2.45) is 0 Å². The van der Waals surface area contributed by atoms with Crippen molar-refractivity contribution in [1.82, 2.24) is 0 Å². The third kappa shape index (κ3) is 5.93. The number of ether oxygens (including phenoxy) is 4. The number of hydrogen-bond acceptors (Lipinski definition) is 6. The molecule has 0 fully saturated rings. The summed E-state index contributed by atoms with van der Waals surface area (Å²) < 4.78 is 21.5. The van der Waals surface area contributed by atoms with E-state index in [9.17, 15) is 10.2 Å². The van der Waals surface area contributed by atoms with Gasteiger partial charge in [-0.25, -0.2) is 0 Å². The zero-order chi connectivity index (χ0) is 32.2. The van der Waals surface area contributed by atoms with Gasteiger partial charge in [0, 0.05) is 22.3 Å². The lowest BCUT2D eigenvalue weighted by atomic mass is 9.88. The van der Waals surface area contributed by atoms with Crippen LogP contribution < -0.4 is 18.9 Å². The van der Waals surface area contributed by atoms with E-state index in [0.717, 1.165) is 44.9 Å². The Bertz CT molecular complexity index is 1810. The maximum atomic E-state index is 12.0. The van der Waals surface area contributed by atoms with Crippen LogP contribution in [0.5, 0.6) is 34.5 Å². The normalized spacial score (nSPS) is 10.8. The molecule has 6 heteroatoms. The fourth-order valence-electron chi connectivity index (χ4n) is 5.56. The molecule has 0 aromatic heterocycles. The largest absolute Gasteiger partial charge is 0.507 e. The van der Waals surface area contributed by atoms with Crippen LogP contribution in [0.15, 0.2) is 121 Å². The Balaban J connectivity index is 1.62. The lowest BCUT2D eigenvalue weighted by molar-refractivity contribution is 0.414. The Morgan fingerprint density at radius 2 is 0.543 bits per heavy atom. The minimum absolute atomic E-state index is 0.0466. The molecule has 0 saturated carbocycles. The molecule has 0 aliphatic carbocycles. The summed E-state index contributed by atoms with van der Waals surface area (Å²) in [6.07, 6.45) is 0. The molecule has 0 heterocycles. The van der Waals surface area contributed by atoms with Gasteiger partial charge in [-0.05, 0) is 106 Å². The number of phenols is 2. The van der Waals surface area contributed by atoms with Gasteiger partial charge in [0.15, 0.2) is 0 Å². The second kappa shape index (κ2) is 13.0. The summed E-state index contributed by atoms with van der Waals surface area (Å²) in [5.41, 5.74) is 7.40. The van der Waals surface area contributed by atoms with Crippen molar-refractivity contribution < 1.29 is 29.2 Å². The summed E-state index contributed by atoms with van der Waals surface area (Å²) in [5.74, 6) is 3.00.